The number of carbonyl (C=O) groups excluding carboxylic acids is 2. The number of carbonyl (C=O) groups is 2. The summed E-state index contributed by atoms with van der Waals surface area (Å²) in [6, 6.07) is 18.0. The van der Waals surface area contributed by atoms with Gasteiger partial charge in [-0.3, -0.25) is 24.5 Å². The summed E-state index contributed by atoms with van der Waals surface area (Å²) in [5, 5.41) is 2.76. The Balaban J connectivity index is 1.12. The lowest BCUT2D eigenvalue weighted by molar-refractivity contribution is -0.124. The van der Waals surface area contributed by atoms with Gasteiger partial charge in [-0.2, -0.15) is 0 Å². The maximum absolute atomic E-state index is 12.5. The quantitative estimate of drug-likeness (QED) is 0.411. The SMILES string of the molecule is O=C1CCC(C(=O)Cc2ccc(-c3ccc4ncc(N5CCN(Cc6cccnc6)CC5)nc4c3)cc2)N1. The van der Waals surface area contributed by atoms with Crippen molar-refractivity contribution in [2.75, 3.05) is 31.1 Å². The van der Waals surface area contributed by atoms with Crippen molar-refractivity contribution in [3.8, 4) is 11.1 Å². The zero-order valence-electron chi connectivity index (χ0n) is 21.2. The molecule has 1 N–H and O–H groups in total. The summed E-state index contributed by atoms with van der Waals surface area (Å²) in [4.78, 5) is 42.5. The van der Waals surface area contributed by atoms with Gasteiger partial charge in [-0.05, 0) is 46.9 Å². The Bertz CT molecular complexity index is 1450. The number of amides is 1. The molecule has 2 aromatic carbocycles. The third-order valence-corrected chi connectivity index (χ3v) is 7.40. The third kappa shape index (κ3) is 5.40. The van der Waals surface area contributed by atoms with E-state index in [0.717, 1.165) is 66.3 Å². The summed E-state index contributed by atoms with van der Waals surface area (Å²) in [7, 11) is 0. The Hall–Kier alpha value is -4.17. The second kappa shape index (κ2) is 10.7. The van der Waals surface area contributed by atoms with Gasteiger partial charge in [-0.15, -0.1) is 0 Å². The van der Waals surface area contributed by atoms with Crippen LogP contribution >= 0.6 is 0 Å². The molecule has 4 aromatic rings. The van der Waals surface area contributed by atoms with Crippen LogP contribution in [0.3, 0.4) is 0 Å². The number of rotatable bonds is 7. The van der Waals surface area contributed by atoms with Crippen LogP contribution in [0.25, 0.3) is 22.2 Å². The highest BCUT2D eigenvalue weighted by atomic mass is 16.2. The minimum absolute atomic E-state index is 0.0376. The van der Waals surface area contributed by atoms with Crippen molar-refractivity contribution in [2.24, 2.45) is 0 Å². The number of pyridine rings is 1. The van der Waals surface area contributed by atoms with Crippen molar-refractivity contribution in [1.29, 1.82) is 0 Å². The van der Waals surface area contributed by atoms with Crippen LogP contribution < -0.4 is 10.2 Å². The van der Waals surface area contributed by atoms with Gasteiger partial charge in [0.15, 0.2) is 5.78 Å². The number of aromatic nitrogens is 3. The number of nitrogens with zero attached hydrogens (tertiary/aromatic N) is 5. The topological polar surface area (TPSA) is 91.3 Å². The molecule has 1 atom stereocenters. The normalized spacial score (nSPS) is 18.1. The van der Waals surface area contributed by atoms with Gasteiger partial charge < -0.3 is 10.2 Å². The smallest absolute Gasteiger partial charge is 0.220 e. The van der Waals surface area contributed by atoms with E-state index in [1.165, 1.54) is 5.56 Å². The predicted molar refractivity (Wildman–Crippen MR) is 147 cm³/mol. The molecule has 4 heterocycles. The van der Waals surface area contributed by atoms with Crippen LogP contribution in [0.15, 0.2) is 73.2 Å². The summed E-state index contributed by atoms with van der Waals surface area (Å²) in [5.74, 6) is 0.933. The van der Waals surface area contributed by atoms with Crippen LogP contribution in [0.1, 0.15) is 24.0 Å². The van der Waals surface area contributed by atoms with E-state index in [9.17, 15) is 9.59 Å². The second-order valence-electron chi connectivity index (χ2n) is 10.1. The fourth-order valence-corrected chi connectivity index (χ4v) is 5.21. The average molecular weight is 507 g/mol. The standard InChI is InChI=1S/C30H30N6O2/c37-28(26-9-10-30(38)34-26)16-21-3-5-23(6-4-21)24-7-8-25-27(17-24)33-29(19-32-25)36-14-12-35(13-15-36)20-22-2-1-11-31-18-22/h1-8,11,17-19,26H,9-10,12-16,20H2,(H,34,38). The number of fused-ring (bicyclic) bond motifs is 1. The largest absolute Gasteiger partial charge is 0.353 e. The Kier molecular flexibility index (Phi) is 6.79. The third-order valence-electron chi connectivity index (χ3n) is 7.40. The number of ketones is 1. The van der Waals surface area contributed by atoms with E-state index in [1.54, 1.807) is 0 Å². The molecule has 0 aliphatic carbocycles. The van der Waals surface area contributed by atoms with Gasteiger partial charge >= 0.3 is 0 Å². The molecule has 2 aliphatic rings. The molecule has 6 rings (SSSR count). The van der Waals surface area contributed by atoms with Crippen LogP contribution in [-0.2, 0) is 22.6 Å². The van der Waals surface area contributed by atoms with Gasteiger partial charge in [0.2, 0.25) is 5.91 Å². The molecule has 8 nitrogen and oxygen atoms in total. The van der Waals surface area contributed by atoms with E-state index in [0.29, 0.717) is 19.3 Å². The van der Waals surface area contributed by atoms with Crippen LogP contribution in [0.4, 0.5) is 5.82 Å². The van der Waals surface area contributed by atoms with Gasteiger partial charge in [0, 0.05) is 58.0 Å². The molecule has 8 heteroatoms. The summed E-state index contributed by atoms with van der Waals surface area (Å²) in [6.45, 7) is 4.67. The first kappa shape index (κ1) is 24.2. The van der Waals surface area contributed by atoms with Gasteiger partial charge in [0.05, 0.1) is 23.3 Å². The highest BCUT2D eigenvalue weighted by Gasteiger charge is 2.26. The monoisotopic (exact) mass is 506 g/mol. The molecule has 192 valence electrons. The number of hydrogen-bond donors (Lipinski definition) is 1. The maximum Gasteiger partial charge on any atom is 0.220 e. The fraction of sp³-hybridized carbons (Fsp3) is 0.300. The van der Waals surface area contributed by atoms with Crippen molar-refractivity contribution in [3.05, 3.63) is 84.3 Å². The average Bonchev–Trinajstić information content (AvgIpc) is 3.40. The zero-order chi connectivity index (χ0) is 25.9. The highest BCUT2D eigenvalue weighted by Crippen LogP contribution is 2.25. The van der Waals surface area contributed by atoms with Crippen molar-refractivity contribution >= 4 is 28.5 Å². The first-order valence-electron chi connectivity index (χ1n) is 13.2. The van der Waals surface area contributed by atoms with E-state index in [4.69, 9.17) is 4.98 Å². The molecular weight excluding hydrogens is 476 g/mol. The lowest BCUT2D eigenvalue weighted by atomic mass is 9.99. The van der Waals surface area contributed by atoms with Crippen LogP contribution in [-0.4, -0.2) is 63.8 Å². The molecule has 0 saturated carbocycles. The summed E-state index contributed by atoms with van der Waals surface area (Å²) >= 11 is 0. The first-order valence-corrected chi connectivity index (χ1v) is 13.2. The number of hydrogen-bond acceptors (Lipinski definition) is 7. The molecule has 0 bridgehead atoms. The first-order chi connectivity index (χ1) is 18.6. The minimum atomic E-state index is -0.348. The molecule has 1 amide bonds. The maximum atomic E-state index is 12.5. The Labute approximate surface area is 221 Å². The number of Topliss-reactive ketones (excluding diaryl/α,β-unsaturated/α-hetero) is 1. The molecule has 0 radical (unpaired) electrons. The number of benzene rings is 2. The molecular formula is C30H30N6O2. The molecule has 2 aromatic heterocycles. The Morgan fingerprint density at radius 3 is 2.47 bits per heavy atom. The van der Waals surface area contributed by atoms with Crippen molar-refractivity contribution in [1.82, 2.24) is 25.2 Å². The van der Waals surface area contributed by atoms with Crippen LogP contribution in [0, 0.1) is 0 Å². The van der Waals surface area contributed by atoms with E-state index in [1.807, 2.05) is 55.0 Å². The molecule has 2 aliphatic heterocycles. The second-order valence-corrected chi connectivity index (χ2v) is 10.1. The summed E-state index contributed by atoms with van der Waals surface area (Å²) < 4.78 is 0. The van der Waals surface area contributed by atoms with Crippen molar-refractivity contribution < 1.29 is 9.59 Å². The van der Waals surface area contributed by atoms with E-state index < -0.39 is 0 Å². The molecule has 2 saturated heterocycles. The fourth-order valence-electron chi connectivity index (χ4n) is 5.21. The number of piperazine rings is 1. The predicted octanol–water partition coefficient (Wildman–Crippen LogP) is 3.40. The lowest BCUT2D eigenvalue weighted by Gasteiger charge is -2.35. The van der Waals surface area contributed by atoms with Gasteiger partial charge in [0.1, 0.15) is 5.82 Å². The summed E-state index contributed by atoms with van der Waals surface area (Å²) in [6.07, 6.45) is 6.97. The minimum Gasteiger partial charge on any atom is -0.353 e. The van der Waals surface area contributed by atoms with Gasteiger partial charge in [-0.1, -0.05) is 36.4 Å². The Morgan fingerprint density at radius 2 is 1.74 bits per heavy atom. The van der Waals surface area contributed by atoms with Crippen LogP contribution in [0.2, 0.25) is 0 Å². The van der Waals surface area contributed by atoms with Crippen molar-refractivity contribution in [2.45, 2.75) is 31.8 Å². The van der Waals surface area contributed by atoms with E-state index in [2.05, 4.69) is 43.3 Å². The number of anilines is 1. The van der Waals surface area contributed by atoms with Gasteiger partial charge in [-0.25, -0.2) is 4.98 Å². The molecule has 38 heavy (non-hydrogen) atoms. The molecule has 0 spiro atoms. The molecule has 2 fully saturated rings. The van der Waals surface area contributed by atoms with Crippen molar-refractivity contribution in [3.63, 3.8) is 0 Å². The highest BCUT2D eigenvalue weighted by molar-refractivity contribution is 5.93. The van der Waals surface area contributed by atoms with Crippen LogP contribution in [0.5, 0.6) is 0 Å². The van der Waals surface area contributed by atoms with E-state index in [-0.39, 0.29) is 17.7 Å². The lowest BCUT2D eigenvalue weighted by Crippen LogP contribution is -2.46. The molecule has 1 unspecified atom stereocenters. The Morgan fingerprint density at radius 1 is 0.921 bits per heavy atom. The van der Waals surface area contributed by atoms with E-state index >= 15 is 0 Å². The summed E-state index contributed by atoms with van der Waals surface area (Å²) in [5.41, 5.74) is 6.05. The number of nitrogens with one attached hydrogen (secondary N) is 1. The van der Waals surface area contributed by atoms with Gasteiger partial charge in [0.25, 0.3) is 0 Å². The zero-order valence-corrected chi connectivity index (χ0v) is 21.2.